The van der Waals surface area contributed by atoms with Gasteiger partial charge in [-0.25, -0.2) is 4.98 Å². The van der Waals surface area contributed by atoms with E-state index in [4.69, 9.17) is 0 Å². The van der Waals surface area contributed by atoms with Gasteiger partial charge in [-0.2, -0.15) is 0 Å². The quantitative estimate of drug-likeness (QED) is 0.906. The number of carbonyl (C=O) groups is 1. The zero-order valence-corrected chi connectivity index (χ0v) is 9.65. The number of rotatable bonds is 2. The average molecular weight is 269 g/mol. The molecule has 2 aromatic rings. The molecule has 0 atom stereocenters. The van der Waals surface area contributed by atoms with Gasteiger partial charge in [0.1, 0.15) is 16.2 Å². The second-order valence-electron chi connectivity index (χ2n) is 3.30. The highest BCUT2D eigenvalue weighted by Gasteiger charge is 2.12. The first-order valence-electron chi connectivity index (χ1n) is 4.44. The number of hydrogen-bond donors (Lipinski definition) is 1. The van der Waals surface area contributed by atoms with Gasteiger partial charge in [0.2, 0.25) is 0 Å². The Kier molecular flexibility index (Phi) is 2.48. The number of carbonyl (C=O) groups excluding carboxylic acids is 1. The molecule has 0 amide bonds. The third-order valence-electron chi connectivity index (χ3n) is 2.07. The molecule has 0 fully saturated rings. The summed E-state index contributed by atoms with van der Waals surface area (Å²) in [5, 5.41) is 9.67. The Hall–Kier alpha value is -1.36. The fourth-order valence-corrected chi connectivity index (χ4v) is 2.01. The summed E-state index contributed by atoms with van der Waals surface area (Å²) in [6, 6.07) is 5.11. The SMILES string of the molecule is CC(=O)Cc1nc(Br)c2cccc(O)n12. The van der Waals surface area contributed by atoms with Crippen LogP contribution >= 0.6 is 15.9 Å². The summed E-state index contributed by atoms with van der Waals surface area (Å²) in [4.78, 5) is 15.2. The van der Waals surface area contributed by atoms with E-state index in [-0.39, 0.29) is 18.1 Å². The first-order chi connectivity index (χ1) is 7.09. The zero-order valence-electron chi connectivity index (χ0n) is 8.07. The van der Waals surface area contributed by atoms with Gasteiger partial charge in [-0.15, -0.1) is 0 Å². The second kappa shape index (κ2) is 3.66. The van der Waals surface area contributed by atoms with E-state index in [0.29, 0.717) is 10.4 Å². The molecule has 0 saturated heterocycles. The number of ketones is 1. The van der Waals surface area contributed by atoms with Crippen molar-refractivity contribution in [2.45, 2.75) is 13.3 Å². The fourth-order valence-electron chi connectivity index (χ4n) is 1.49. The highest BCUT2D eigenvalue weighted by molar-refractivity contribution is 9.10. The minimum absolute atomic E-state index is 0.0117. The standard InChI is InChI=1S/C10H9BrN2O2/c1-6(14)5-8-12-10(11)7-3-2-4-9(15)13(7)8/h2-4,15H,5H2,1H3. The highest BCUT2D eigenvalue weighted by atomic mass is 79.9. The Morgan fingerprint density at radius 2 is 2.33 bits per heavy atom. The molecular formula is C10H9BrN2O2. The molecule has 0 aliphatic carbocycles. The van der Waals surface area contributed by atoms with Crippen molar-refractivity contribution in [2.75, 3.05) is 0 Å². The summed E-state index contributed by atoms with van der Waals surface area (Å²) >= 11 is 3.29. The van der Waals surface area contributed by atoms with E-state index in [1.54, 1.807) is 16.5 Å². The van der Waals surface area contributed by atoms with E-state index in [2.05, 4.69) is 20.9 Å². The molecule has 0 saturated carbocycles. The highest BCUT2D eigenvalue weighted by Crippen LogP contribution is 2.23. The molecule has 0 aliphatic rings. The van der Waals surface area contributed by atoms with Crippen molar-refractivity contribution in [1.82, 2.24) is 9.38 Å². The zero-order chi connectivity index (χ0) is 11.0. The predicted octanol–water partition coefficient (Wildman–Crippen LogP) is 1.93. The van der Waals surface area contributed by atoms with Gasteiger partial charge in [0, 0.05) is 0 Å². The maximum atomic E-state index is 11.0. The Morgan fingerprint density at radius 3 is 3.00 bits per heavy atom. The van der Waals surface area contributed by atoms with E-state index in [1.807, 2.05) is 6.07 Å². The van der Waals surface area contributed by atoms with Crippen molar-refractivity contribution in [3.8, 4) is 5.88 Å². The van der Waals surface area contributed by atoms with Crippen LogP contribution < -0.4 is 0 Å². The topological polar surface area (TPSA) is 54.6 Å². The smallest absolute Gasteiger partial charge is 0.197 e. The van der Waals surface area contributed by atoms with E-state index in [1.165, 1.54) is 6.92 Å². The minimum atomic E-state index is 0.0117. The predicted molar refractivity (Wildman–Crippen MR) is 58.9 cm³/mol. The summed E-state index contributed by atoms with van der Waals surface area (Å²) in [6.45, 7) is 1.50. The number of Topliss-reactive ketones (excluding diaryl/α,β-unsaturated/α-hetero) is 1. The molecule has 5 heteroatoms. The van der Waals surface area contributed by atoms with Crippen LogP contribution in [-0.2, 0) is 11.2 Å². The van der Waals surface area contributed by atoms with Crippen molar-refractivity contribution >= 4 is 27.2 Å². The van der Waals surface area contributed by atoms with Crippen LogP contribution in [0.3, 0.4) is 0 Å². The van der Waals surface area contributed by atoms with E-state index in [9.17, 15) is 9.90 Å². The molecule has 0 aliphatic heterocycles. The van der Waals surface area contributed by atoms with Crippen LogP contribution in [0.5, 0.6) is 5.88 Å². The lowest BCUT2D eigenvalue weighted by atomic mass is 10.3. The molecule has 0 spiro atoms. The van der Waals surface area contributed by atoms with Gasteiger partial charge in [0.05, 0.1) is 11.9 Å². The fraction of sp³-hybridized carbons (Fsp3) is 0.200. The average Bonchev–Trinajstić information content (AvgIpc) is 2.44. The van der Waals surface area contributed by atoms with Crippen LogP contribution in [0.25, 0.3) is 5.52 Å². The molecule has 0 radical (unpaired) electrons. The molecule has 4 nitrogen and oxygen atoms in total. The third-order valence-corrected chi connectivity index (χ3v) is 2.66. The van der Waals surface area contributed by atoms with Gasteiger partial charge in [0.15, 0.2) is 5.88 Å². The number of pyridine rings is 1. The lowest BCUT2D eigenvalue weighted by Crippen LogP contribution is -2.02. The molecule has 0 unspecified atom stereocenters. The maximum absolute atomic E-state index is 11.0. The third kappa shape index (κ3) is 1.74. The summed E-state index contributed by atoms with van der Waals surface area (Å²) < 4.78 is 2.19. The van der Waals surface area contributed by atoms with Gasteiger partial charge < -0.3 is 5.11 Å². The first kappa shape index (κ1) is 10.2. The number of hydrogen-bond acceptors (Lipinski definition) is 3. The Bertz CT molecular complexity index is 533. The molecule has 2 rings (SSSR count). The number of aromatic hydroxyl groups is 1. The second-order valence-corrected chi connectivity index (χ2v) is 4.05. The molecule has 1 N–H and O–H groups in total. The number of halogens is 1. The van der Waals surface area contributed by atoms with Crippen LogP contribution in [-0.4, -0.2) is 20.3 Å². The molecule has 78 valence electrons. The largest absolute Gasteiger partial charge is 0.494 e. The monoisotopic (exact) mass is 268 g/mol. The molecule has 0 aromatic carbocycles. The summed E-state index contributed by atoms with van der Waals surface area (Å²) in [5.41, 5.74) is 0.756. The number of imidazole rings is 1. The lowest BCUT2D eigenvalue weighted by Gasteiger charge is -2.01. The van der Waals surface area contributed by atoms with Crippen LogP contribution in [0.2, 0.25) is 0 Å². The van der Waals surface area contributed by atoms with Crippen LogP contribution in [0.15, 0.2) is 22.8 Å². The van der Waals surface area contributed by atoms with Gasteiger partial charge in [0.25, 0.3) is 0 Å². The summed E-state index contributed by atoms with van der Waals surface area (Å²) in [7, 11) is 0. The van der Waals surface area contributed by atoms with Crippen molar-refractivity contribution in [1.29, 1.82) is 0 Å². The van der Waals surface area contributed by atoms with Crippen molar-refractivity contribution in [3.63, 3.8) is 0 Å². The van der Waals surface area contributed by atoms with Gasteiger partial charge in [-0.3, -0.25) is 9.20 Å². The van der Waals surface area contributed by atoms with Gasteiger partial charge >= 0.3 is 0 Å². The number of nitrogens with zero attached hydrogens (tertiary/aromatic N) is 2. The molecule has 15 heavy (non-hydrogen) atoms. The van der Waals surface area contributed by atoms with Gasteiger partial charge in [-0.05, 0) is 35.0 Å². The van der Waals surface area contributed by atoms with Crippen molar-refractivity contribution < 1.29 is 9.90 Å². The Labute approximate surface area is 94.7 Å². The molecular weight excluding hydrogens is 260 g/mol. The summed E-state index contributed by atoms with van der Waals surface area (Å²) in [6.07, 6.45) is 0.213. The van der Waals surface area contributed by atoms with E-state index < -0.39 is 0 Å². The first-order valence-corrected chi connectivity index (χ1v) is 5.23. The molecule has 2 heterocycles. The van der Waals surface area contributed by atoms with Crippen LogP contribution in [0.1, 0.15) is 12.7 Å². The van der Waals surface area contributed by atoms with Gasteiger partial charge in [-0.1, -0.05) is 6.07 Å². The number of fused-ring (bicyclic) bond motifs is 1. The Balaban J connectivity index is 2.70. The van der Waals surface area contributed by atoms with Crippen LogP contribution in [0, 0.1) is 0 Å². The summed E-state index contributed by atoms with van der Waals surface area (Å²) in [5.74, 6) is 0.641. The minimum Gasteiger partial charge on any atom is -0.494 e. The van der Waals surface area contributed by atoms with E-state index >= 15 is 0 Å². The van der Waals surface area contributed by atoms with Crippen LogP contribution in [0.4, 0.5) is 0 Å². The normalized spacial score (nSPS) is 10.8. The van der Waals surface area contributed by atoms with E-state index in [0.717, 1.165) is 5.52 Å². The molecule has 0 bridgehead atoms. The van der Waals surface area contributed by atoms with Crippen molar-refractivity contribution in [2.24, 2.45) is 0 Å². The molecule has 2 aromatic heterocycles. The number of aromatic nitrogens is 2. The Morgan fingerprint density at radius 1 is 1.60 bits per heavy atom. The maximum Gasteiger partial charge on any atom is 0.197 e. The lowest BCUT2D eigenvalue weighted by molar-refractivity contribution is -0.116. The van der Waals surface area contributed by atoms with Crippen molar-refractivity contribution in [3.05, 3.63) is 28.6 Å².